The van der Waals surface area contributed by atoms with Crippen molar-refractivity contribution in [1.29, 1.82) is 0 Å². The molecule has 1 aromatic rings. The zero-order valence-electron chi connectivity index (χ0n) is 9.00. The Morgan fingerprint density at radius 3 is 2.94 bits per heavy atom. The average Bonchev–Trinajstić information content (AvgIpc) is 2.63. The first-order valence-corrected chi connectivity index (χ1v) is 5.60. The fraction of sp³-hybridized carbons (Fsp3) is 0.273. The van der Waals surface area contributed by atoms with Crippen LogP contribution in [0.3, 0.4) is 0 Å². The molecular weight excluding hydrogens is 241 g/mol. The molecule has 1 aliphatic heterocycles. The lowest BCUT2D eigenvalue weighted by molar-refractivity contribution is -0.119. The topological polar surface area (TPSA) is 67.2 Å². The molecule has 0 aromatic heterocycles. The van der Waals surface area contributed by atoms with Crippen LogP contribution >= 0.6 is 12.2 Å². The molecule has 4 nitrogen and oxygen atoms in total. The summed E-state index contributed by atoms with van der Waals surface area (Å²) in [6.07, 6.45) is 0.368. The van der Waals surface area contributed by atoms with Gasteiger partial charge in [-0.1, -0.05) is 18.3 Å². The number of nitrogens with one attached hydrogen (secondary N) is 2. The second kappa shape index (κ2) is 4.67. The molecule has 0 aliphatic carbocycles. The van der Waals surface area contributed by atoms with Crippen LogP contribution in [-0.2, 0) is 4.79 Å². The molecule has 90 valence electrons. The second-order valence-corrected chi connectivity index (χ2v) is 4.32. The zero-order chi connectivity index (χ0) is 12.4. The Labute approximate surface area is 103 Å². The fourth-order valence-electron chi connectivity index (χ4n) is 1.82. The summed E-state index contributed by atoms with van der Waals surface area (Å²) in [6.45, 7) is 0.520. The normalized spacial score (nSPS) is 18.9. The minimum atomic E-state index is -0.459. The number of hydrogen-bond donors (Lipinski definition) is 3. The molecule has 1 atom stereocenters. The van der Waals surface area contributed by atoms with Crippen molar-refractivity contribution in [2.45, 2.75) is 12.5 Å². The van der Waals surface area contributed by atoms with Crippen molar-refractivity contribution in [2.24, 2.45) is 5.73 Å². The van der Waals surface area contributed by atoms with Crippen LogP contribution in [0.2, 0.25) is 0 Å². The standard InChI is InChI=1S/C11H12FN3OS/c12-7-2-1-3-8(10(7)11(13)17)15-6-4-9(16)14-5-6/h1-3,6,15H,4-5H2,(H2,13,17)(H,14,16). The van der Waals surface area contributed by atoms with Gasteiger partial charge >= 0.3 is 0 Å². The monoisotopic (exact) mass is 253 g/mol. The maximum absolute atomic E-state index is 13.6. The predicted octanol–water partition coefficient (Wildman–Crippen LogP) is 0.760. The maximum atomic E-state index is 13.6. The minimum absolute atomic E-state index is 0.00267. The summed E-state index contributed by atoms with van der Waals surface area (Å²) in [5.74, 6) is -0.476. The van der Waals surface area contributed by atoms with E-state index in [4.69, 9.17) is 18.0 Å². The summed E-state index contributed by atoms with van der Waals surface area (Å²) < 4.78 is 13.6. The van der Waals surface area contributed by atoms with Gasteiger partial charge in [0.2, 0.25) is 5.91 Å². The summed E-state index contributed by atoms with van der Waals surface area (Å²) in [4.78, 5) is 11.1. The third-order valence-corrected chi connectivity index (χ3v) is 2.80. The molecule has 1 fully saturated rings. The van der Waals surface area contributed by atoms with Crippen LogP contribution in [0.15, 0.2) is 18.2 Å². The van der Waals surface area contributed by atoms with Crippen molar-refractivity contribution in [3.8, 4) is 0 Å². The fourth-order valence-corrected chi connectivity index (χ4v) is 2.03. The number of anilines is 1. The second-order valence-electron chi connectivity index (χ2n) is 3.88. The Bertz CT molecular complexity index is 478. The SMILES string of the molecule is NC(=S)c1c(F)cccc1NC1CNC(=O)C1. The van der Waals surface area contributed by atoms with Gasteiger partial charge in [0.25, 0.3) is 0 Å². The first kappa shape index (κ1) is 11.8. The number of nitrogens with two attached hydrogens (primary N) is 1. The molecule has 0 spiro atoms. The number of hydrogen-bond acceptors (Lipinski definition) is 3. The van der Waals surface area contributed by atoms with E-state index in [1.807, 2.05) is 0 Å². The summed E-state index contributed by atoms with van der Waals surface area (Å²) in [7, 11) is 0. The molecule has 0 bridgehead atoms. The Hall–Kier alpha value is -1.69. The van der Waals surface area contributed by atoms with Crippen molar-refractivity contribution in [2.75, 3.05) is 11.9 Å². The number of thiocarbonyl (C=S) groups is 1. The Morgan fingerprint density at radius 1 is 1.59 bits per heavy atom. The molecule has 4 N–H and O–H groups in total. The first-order valence-electron chi connectivity index (χ1n) is 5.19. The van der Waals surface area contributed by atoms with Crippen molar-refractivity contribution in [3.63, 3.8) is 0 Å². The van der Waals surface area contributed by atoms with Gasteiger partial charge in [0.15, 0.2) is 0 Å². The van der Waals surface area contributed by atoms with Crippen LogP contribution < -0.4 is 16.4 Å². The molecule has 1 saturated heterocycles. The molecule has 2 rings (SSSR count). The van der Waals surface area contributed by atoms with Crippen molar-refractivity contribution < 1.29 is 9.18 Å². The van der Waals surface area contributed by atoms with E-state index in [1.165, 1.54) is 6.07 Å². The van der Waals surface area contributed by atoms with Gasteiger partial charge in [-0.3, -0.25) is 4.79 Å². The largest absolute Gasteiger partial charge is 0.389 e. The molecule has 1 heterocycles. The zero-order valence-corrected chi connectivity index (χ0v) is 9.81. The van der Waals surface area contributed by atoms with Crippen molar-refractivity contribution in [3.05, 3.63) is 29.6 Å². The Morgan fingerprint density at radius 2 is 2.35 bits per heavy atom. The summed E-state index contributed by atoms with van der Waals surface area (Å²) in [5, 5.41) is 5.77. The van der Waals surface area contributed by atoms with E-state index in [2.05, 4.69) is 10.6 Å². The molecule has 1 unspecified atom stereocenters. The van der Waals surface area contributed by atoms with Crippen LogP contribution in [0.5, 0.6) is 0 Å². The molecule has 1 amide bonds. The van der Waals surface area contributed by atoms with E-state index < -0.39 is 5.82 Å². The van der Waals surface area contributed by atoms with Gasteiger partial charge in [-0.15, -0.1) is 0 Å². The van der Waals surface area contributed by atoms with Crippen LogP contribution in [0.1, 0.15) is 12.0 Å². The van der Waals surface area contributed by atoms with Crippen LogP contribution in [0.25, 0.3) is 0 Å². The van der Waals surface area contributed by atoms with Gasteiger partial charge in [-0.2, -0.15) is 0 Å². The van der Waals surface area contributed by atoms with E-state index >= 15 is 0 Å². The lowest BCUT2D eigenvalue weighted by Gasteiger charge is -2.15. The first-order chi connectivity index (χ1) is 8.08. The summed E-state index contributed by atoms with van der Waals surface area (Å²) in [6, 6.07) is 4.51. The molecule has 0 radical (unpaired) electrons. The van der Waals surface area contributed by atoms with E-state index in [9.17, 15) is 9.18 Å². The van der Waals surface area contributed by atoms with Gasteiger partial charge in [-0.25, -0.2) is 4.39 Å². The highest BCUT2D eigenvalue weighted by Gasteiger charge is 2.22. The quantitative estimate of drug-likeness (QED) is 0.696. The van der Waals surface area contributed by atoms with Gasteiger partial charge in [0.1, 0.15) is 10.8 Å². The van der Waals surface area contributed by atoms with Crippen LogP contribution in [0.4, 0.5) is 10.1 Å². The molecular formula is C11H12FN3OS. The smallest absolute Gasteiger partial charge is 0.222 e. The average molecular weight is 253 g/mol. The molecule has 17 heavy (non-hydrogen) atoms. The Balaban J connectivity index is 2.23. The van der Waals surface area contributed by atoms with E-state index in [-0.39, 0.29) is 22.5 Å². The predicted molar refractivity (Wildman–Crippen MR) is 67.3 cm³/mol. The lowest BCUT2D eigenvalue weighted by Crippen LogP contribution is -2.24. The third-order valence-electron chi connectivity index (χ3n) is 2.60. The Kier molecular flexibility index (Phi) is 3.23. The number of benzene rings is 1. The van der Waals surface area contributed by atoms with Gasteiger partial charge in [0, 0.05) is 18.7 Å². The van der Waals surface area contributed by atoms with Gasteiger partial charge in [0.05, 0.1) is 11.6 Å². The summed E-state index contributed by atoms with van der Waals surface area (Å²) >= 11 is 4.82. The number of halogens is 1. The minimum Gasteiger partial charge on any atom is -0.389 e. The highest BCUT2D eigenvalue weighted by molar-refractivity contribution is 7.80. The maximum Gasteiger partial charge on any atom is 0.222 e. The highest BCUT2D eigenvalue weighted by atomic mass is 32.1. The lowest BCUT2D eigenvalue weighted by atomic mass is 10.1. The van der Waals surface area contributed by atoms with Crippen LogP contribution in [0, 0.1) is 5.82 Å². The summed E-state index contributed by atoms with van der Waals surface area (Å²) in [5.41, 5.74) is 6.21. The molecule has 6 heteroatoms. The van der Waals surface area contributed by atoms with E-state index in [1.54, 1.807) is 12.1 Å². The molecule has 0 saturated carbocycles. The van der Waals surface area contributed by atoms with Crippen LogP contribution in [-0.4, -0.2) is 23.5 Å². The van der Waals surface area contributed by atoms with Gasteiger partial charge in [-0.05, 0) is 12.1 Å². The number of carbonyl (C=O) groups excluding carboxylic acids is 1. The number of amides is 1. The number of rotatable bonds is 3. The third kappa shape index (κ3) is 2.52. The molecule has 1 aromatic carbocycles. The highest BCUT2D eigenvalue weighted by Crippen LogP contribution is 2.21. The molecule has 1 aliphatic rings. The van der Waals surface area contributed by atoms with E-state index in [0.717, 1.165) is 0 Å². The van der Waals surface area contributed by atoms with Crippen molar-refractivity contribution >= 4 is 28.8 Å². The van der Waals surface area contributed by atoms with Gasteiger partial charge < -0.3 is 16.4 Å². The number of carbonyl (C=O) groups is 1. The van der Waals surface area contributed by atoms with E-state index in [0.29, 0.717) is 18.7 Å². The van der Waals surface area contributed by atoms with Crippen molar-refractivity contribution in [1.82, 2.24) is 5.32 Å².